The van der Waals surface area contributed by atoms with Gasteiger partial charge in [-0.1, -0.05) is 31.4 Å². The van der Waals surface area contributed by atoms with Gasteiger partial charge in [-0.05, 0) is 18.9 Å². The first kappa shape index (κ1) is 19.4. The number of sulfonamides is 1. The molecule has 7 nitrogen and oxygen atoms in total. The molecule has 1 heterocycles. The zero-order chi connectivity index (χ0) is 18.7. The average Bonchev–Trinajstić information content (AvgIpc) is 3.03. The van der Waals surface area contributed by atoms with Gasteiger partial charge in [0, 0.05) is 18.7 Å². The van der Waals surface area contributed by atoms with Gasteiger partial charge in [-0.25, -0.2) is 13.1 Å². The molecule has 146 valence electrons. The van der Waals surface area contributed by atoms with Gasteiger partial charge >= 0.3 is 0 Å². The maximum absolute atomic E-state index is 13.1. The van der Waals surface area contributed by atoms with Crippen molar-refractivity contribution >= 4 is 10.0 Å². The monoisotopic (exact) mass is 384 g/mol. The van der Waals surface area contributed by atoms with Gasteiger partial charge in [-0.2, -0.15) is 5.06 Å². The molecule has 1 saturated heterocycles. The Morgan fingerprint density at radius 3 is 2.54 bits per heavy atom. The van der Waals surface area contributed by atoms with Crippen molar-refractivity contribution in [1.29, 1.82) is 0 Å². The summed E-state index contributed by atoms with van der Waals surface area (Å²) in [6, 6.07) is 5.04. The molecule has 1 aromatic carbocycles. The number of hydrogen-bond acceptors (Lipinski definition) is 6. The molecule has 2 fully saturated rings. The molecule has 1 saturated carbocycles. The van der Waals surface area contributed by atoms with E-state index in [0.717, 1.165) is 31.2 Å². The van der Waals surface area contributed by atoms with Crippen LogP contribution < -0.4 is 14.2 Å². The Hall–Kier alpha value is -1.35. The second kappa shape index (κ2) is 8.12. The summed E-state index contributed by atoms with van der Waals surface area (Å²) in [5.74, 6) is 1.11. The van der Waals surface area contributed by atoms with E-state index in [2.05, 4.69) is 4.72 Å². The molecule has 1 N–H and O–H groups in total. The van der Waals surface area contributed by atoms with E-state index in [-0.39, 0.29) is 12.6 Å². The summed E-state index contributed by atoms with van der Waals surface area (Å²) >= 11 is 0. The van der Waals surface area contributed by atoms with Gasteiger partial charge in [0.1, 0.15) is 5.25 Å². The van der Waals surface area contributed by atoms with Crippen LogP contribution in [0.1, 0.15) is 43.7 Å². The van der Waals surface area contributed by atoms with E-state index in [1.807, 2.05) is 12.1 Å². The maximum atomic E-state index is 13.1. The van der Waals surface area contributed by atoms with Crippen LogP contribution in [0.2, 0.25) is 0 Å². The van der Waals surface area contributed by atoms with Crippen LogP contribution in [0.25, 0.3) is 0 Å². The molecule has 0 radical (unpaired) electrons. The zero-order valence-electron chi connectivity index (χ0n) is 15.6. The highest BCUT2D eigenvalue weighted by molar-refractivity contribution is 7.90. The first-order chi connectivity index (χ1) is 12.5. The predicted octanol–water partition coefficient (Wildman–Crippen LogP) is 2.24. The summed E-state index contributed by atoms with van der Waals surface area (Å²) in [5, 5.41) is 0.887. The van der Waals surface area contributed by atoms with Crippen LogP contribution in [0.15, 0.2) is 18.2 Å². The van der Waals surface area contributed by atoms with Gasteiger partial charge in [0.25, 0.3) is 0 Å². The number of nitrogens with zero attached hydrogens (tertiary/aromatic N) is 1. The Morgan fingerprint density at radius 1 is 1.15 bits per heavy atom. The number of methoxy groups -OCH3 is 2. The SMILES string of the molecule is COc1cccc(C2C(S(=O)(=O)NC3CCCCC3)CON2C)c1OC. The lowest BCUT2D eigenvalue weighted by atomic mass is 9.96. The minimum Gasteiger partial charge on any atom is -0.493 e. The predicted molar refractivity (Wildman–Crippen MR) is 98.7 cm³/mol. The molecule has 0 amide bonds. The minimum atomic E-state index is -3.55. The summed E-state index contributed by atoms with van der Waals surface area (Å²) in [5.41, 5.74) is 0.742. The molecule has 2 atom stereocenters. The molecule has 26 heavy (non-hydrogen) atoms. The standard InChI is InChI=1S/C18H28N2O5S/c1-20-17(14-10-7-11-15(23-2)18(14)24-3)16(12-25-20)26(21,22)19-13-8-5-4-6-9-13/h7,10-11,13,16-17,19H,4-6,8-9,12H2,1-3H3. The van der Waals surface area contributed by atoms with Gasteiger partial charge in [-0.3, -0.25) is 4.84 Å². The Kier molecular flexibility index (Phi) is 6.06. The number of rotatable bonds is 6. The number of benzene rings is 1. The molecular weight excluding hydrogens is 356 g/mol. The summed E-state index contributed by atoms with van der Waals surface area (Å²) in [4.78, 5) is 5.60. The van der Waals surface area contributed by atoms with Gasteiger partial charge in [-0.15, -0.1) is 0 Å². The summed E-state index contributed by atoms with van der Waals surface area (Å²) in [6.07, 6.45) is 5.12. The van der Waals surface area contributed by atoms with Gasteiger partial charge in [0.05, 0.1) is 26.9 Å². The quantitative estimate of drug-likeness (QED) is 0.811. The second-order valence-corrected chi connectivity index (χ2v) is 8.84. The van der Waals surface area contributed by atoms with Crippen molar-refractivity contribution < 1.29 is 22.7 Å². The van der Waals surface area contributed by atoms with E-state index < -0.39 is 21.3 Å². The van der Waals surface area contributed by atoms with Crippen molar-refractivity contribution in [1.82, 2.24) is 9.79 Å². The molecule has 2 aliphatic rings. The molecule has 3 rings (SSSR count). The average molecular weight is 384 g/mol. The molecule has 8 heteroatoms. The summed E-state index contributed by atoms with van der Waals surface area (Å²) in [6.45, 7) is 0.115. The van der Waals surface area contributed by atoms with Crippen LogP contribution in [0.5, 0.6) is 11.5 Å². The first-order valence-corrected chi connectivity index (χ1v) is 10.6. The van der Waals surface area contributed by atoms with Crippen LogP contribution in [-0.4, -0.2) is 52.6 Å². The first-order valence-electron chi connectivity index (χ1n) is 9.05. The highest BCUT2D eigenvalue weighted by atomic mass is 32.2. The third-order valence-electron chi connectivity index (χ3n) is 5.27. The topological polar surface area (TPSA) is 77.1 Å². The van der Waals surface area contributed by atoms with Crippen LogP contribution in [0.3, 0.4) is 0 Å². The fraction of sp³-hybridized carbons (Fsp3) is 0.667. The molecule has 1 aliphatic carbocycles. The molecule has 2 unspecified atom stereocenters. The van der Waals surface area contributed by atoms with Crippen molar-refractivity contribution in [3.8, 4) is 11.5 Å². The zero-order valence-corrected chi connectivity index (χ0v) is 16.4. The summed E-state index contributed by atoms with van der Waals surface area (Å²) in [7, 11) is 1.32. The Balaban J connectivity index is 1.90. The largest absolute Gasteiger partial charge is 0.493 e. The van der Waals surface area contributed by atoms with Gasteiger partial charge in [0.15, 0.2) is 11.5 Å². The van der Waals surface area contributed by atoms with Gasteiger partial charge in [0.2, 0.25) is 10.0 Å². The van der Waals surface area contributed by atoms with Crippen molar-refractivity contribution in [3.05, 3.63) is 23.8 Å². The Morgan fingerprint density at radius 2 is 1.88 bits per heavy atom. The van der Waals surface area contributed by atoms with Crippen LogP contribution in [0.4, 0.5) is 0 Å². The van der Waals surface area contributed by atoms with E-state index >= 15 is 0 Å². The van der Waals surface area contributed by atoms with E-state index in [1.165, 1.54) is 6.42 Å². The van der Waals surface area contributed by atoms with Crippen molar-refractivity contribution in [3.63, 3.8) is 0 Å². The van der Waals surface area contributed by atoms with Crippen LogP contribution >= 0.6 is 0 Å². The molecule has 1 aliphatic heterocycles. The highest BCUT2D eigenvalue weighted by Crippen LogP contribution is 2.42. The van der Waals surface area contributed by atoms with E-state index in [9.17, 15) is 8.42 Å². The lowest BCUT2D eigenvalue weighted by Gasteiger charge is -2.28. The maximum Gasteiger partial charge on any atom is 0.219 e. The number of hydroxylamine groups is 2. The number of ether oxygens (including phenoxy) is 2. The smallest absolute Gasteiger partial charge is 0.219 e. The van der Waals surface area contributed by atoms with E-state index in [1.54, 1.807) is 32.4 Å². The molecule has 0 bridgehead atoms. The van der Waals surface area contributed by atoms with Crippen molar-refractivity contribution in [2.24, 2.45) is 0 Å². The second-order valence-electron chi connectivity index (χ2n) is 6.91. The highest BCUT2D eigenvalue weighted by Gasteiger charge is 2.45. The van der Waals surface area contributed by atoms with Crippen LogP contribution in [-0.2, 0) is 14.9 Å². The van der Waals surface area contributed by atoms with Gasteiger partial charge < -0.3 is 9.47 Å². The van der Waals surface area contributed by atoms with E-state index in [0.29, 0.717) is 11.5 Å². The molecular formula is C18H28N2O5S. The summed E-state index contributed by atoms with van der Waals surface area (Å²) < 4.78 is 40.0. The Bertz CT molecular complexity index is 718. The van der Waals surface area contributed by atoms with E-state index in [4.69, 9.17) is 14.3 Å². The third-order valence-corrected chi connectivity index (χ3v) is 7.13. The number of hydrogen-bond donors (Lipinski definition) is 1. The molecule has 1 aromatic rings. The lowest BCUT2D eigenvalue weighted by molar-refractivity contribution is -0.110. The fourth-order valence-corrected chi connectivity index (χ4v) is 5.71. The number of para-hydroxylation sites is 1. The minimum absolute atomic E-state index is 0.0208. The number of nitrogens with one attached hydrogen (secondary N) is 1. The van der Waals surface area contributed by atoms with Crippen molar-refractivity contribution in [2.75, 3.05) is 27.9 Å². The molecule has 0 aromatic heterocycles. The fourth-order valence-electron chi connectivity index (χ4n) is 3.94. The normalized spacial score (nSPS) is 25.3. The Labute approximate surface area is 155 Å². The van der Waals surface area contributed by atoms with Crippen LogP contribution in [0, 0.1) is 0 Å². The van der Waals surface area contributed by atoms with Crippen molar-refractivity contribution in [2.45, 2.75) is 49.4 Å². The molecule has 0 spiro atoms. The lowest BCUT2D eigenvalue weighted by Crippen LogP contribution is -2.44. The third kappa shape index (κ3) is 3.83.